The molecule has 1 heteroatoms. The van der Waals surface area contributed by atoms with E-state index in [2.05, 4.69) is 19.9 Å². The number of ether oxygens (including phenoxy) is 1. The van der Waals surface area contributed by atoms with Gasteiger partial charge in [-0.25, -0.2) is 0 Å². The molecular formula is C15H24O. The van der Waals surface area contributed by atoms with Crippen molar-refractivity contribution < 1.29 is 4.74 Å². The zero-order valence-electron chi connectivity index (χ0n) is 10.7. The van der Waals surface area contributed by atoms with E-state index >= 15 is 0 Å². The van der Waals surface area contributed by atoms with Crippen molar-refractivity contribution in [2.24, 2.45) is 0 Å². The smallest absolute Gasteiger partial charge is 0.122 e. The summed E-state index contributed by atoms with van der Waals surface area (Å²) in [6.07, 6.45) is 7.90. The van der Waals surface area contributed by atoms with Gasteiger partial charge in [-0.1, -0.05) is 57.2 Å². The van der Waals surface area contributed by atoms with Gasteiger partial charge in [-0.05, 0) is 25.0 Å². The fourth-order valence-corrected chi connectivity index (χ4v) is 1.78. The Hall–Kier alpha value is -0.980. The highest BCUT2D eigenvalue weighted by Crippen LogP contribution is 2.16. The fraction of sp³-hybridized carbons (Fsp3) is 0.600. The molecule has 0 spiro atoms. The van der Waals surface area contributed by atoms with Gasteiger partial charge in [0.1, 0.15) is 5.75 Å². The number of benzene rings is 1. The van der Waals surface area contributed by atoms with Crippen LogP contribution in [0.5, 0.6) is 5.75 Å². The number of unbranched alkanes of at least 4 members (excludes halogenated alkanes) is 5. The van der Waals surface area contributed by atoms with Crippen molar-refractivity contribution in [1.82, 2.24) is 0 Å². The second kappa shape index (κ2) is 8.20. The number of aryl methyl sites for hydroxylation is 1. The Kier molecular flexibility index (Phi) is 6.71. The topological polar surface area (TPSA) is 9.23 Å². The van der Waals surface area contributed by atoms with Crippen LogP contribution in [0.4, 0.5) is 0 Å². The Labute approximate surface area is 99.8 Å². The molecule has 90 valence electrons. The van der Waals surface area contributed by atoms with E-state index in [1.165, 1.54) is 44.1 Å². The molecule has 0 saturated heterocycles. The van der Waals surface area contributed by atoms with Gasteiger partial charge in [0.2, 0.25) is 0 Å². The third-order valence-electron chi connectivity index (χ3n) is 2.85. The van der Waals surface area contributed by atoms with Crippen LogP contribution in [0.25, 0.3) is 0 Å². The number of hydrogen-bond acceptors (Lipinski definition) is 1. The van der Waals surface area contributed by atoms with E-state index in [0.29, 0.717) is 0 Å². The molecule has 0 amide bonds. The second-order valence-electron chi connectivity index (χ2n) is 4.38. The summed E-state index contributed by atoms with van der Waals surface area (Å²) in [5, 5.41) is 0. The molecule has 0 aromatic heterocycles. The van der Waals surface area contributed by atoms with Crippen molar-refractivity contribution in [3.63, 3.8) is 0 Å². The van der Waals surface area contributed by atoms with Gasteiger partial charge in [0, 0.05) is 0 Å². The Balaban J connectivity index is 2.05. The molecule has 0 unspecified atom stereocenters. The molecule has 0 aliphatic rings. The maximum Gasteiger partial charge on any atom is 0.122 e. The summed E-state index contributed by atoms with van der Waals surface area (Å²) in [6, 6.07) is 8.22. The van der Waals surface area contributed by atoms with Gasteiger partial charge in [0.25, 0.3) is 0 Å². The fourth-order valence-electron chi connectivity index (χ4n) is 1.78. The summed E-state index contributed by atoms with van der Waals surface area (Å²) >= 11 is 0. The Morgan fingerprint density at radius 2 is 1.62 bits per heavy atom. The molecule has 1 rings (SSSR count). The van der Waals surface area contributed by atoms with Crippen LogP contribution in [0.15, 0.2) is 24.3 Å². The van der Waals surface area contributed by atoms with E-state index in [-0.39, 0.29) is 0 Å². The molecule has 0 aliphatic heterocycles. The third-order valence-corrected chi connectivity index (χ3v) is 2.85. The molecule has 0 radical (unpaired) electrons. The highest BCUT2D eigenvalue weighted by atomic mass is 16.5. The Bertz CT molecular complexity index is 281. The lowest BCUT2D eigenvalue weighted by atomic mass is 10.1. The van der Waals surface area contributed by atoms with E-state index in [1.54, 1.807) is 0 Å². The van der Waals surface area contributed by atoms with Gasteiger partial charge >= 0.3 is 0 Å². The summed E-state index contributed by atoms with van der Waals surface area (Å²) in [5.74, 6) is 1.04. The van der Waals surface area contributed by atoms with Crippen molar-refractivity contribution in [1.29, 1.82) is 0 Å². The van der Waals surface area contributed by atoms with E-state index in [4.69, 9.17) is 4.74 Å². The summed E-state index contributed by atoms with van der Waals surface area (Å²) in [6.45, 7) is 5.20. The van der Waals surface area contributed by atoms with Crippen LogP contribution >= 0.6 is 0 Å². The van der Waals surface area contributed by atoms with Crippen LogP contribution in [0.1, 0.15) is 51.0 Å². The van der Waals surface area contributed by atoms with Gasteiger partial charge in [-0.3, -0.25) is 0 Å². The van der Waals surface area contributed by atoms with Crippen LogP contribution in [0.2, 0.25) is 0 Å². The number of para-hydroxylation sites is 1. The standard InChI is InChI=1S/C15H24O/c1-3-4-5-6-7-10-13-16-15-12-9-8-11-14(15)2/h8-9,11-12H,3-7,10,13H2,1-2H3. The summed E-state index contributed by atoms with van der Waals surface area (Å²) in [5.41, 5.74) is 1.23. The Morgan fingerprint density at radius 3 is 2.38 bits per heavy atom. The minimum atomic E-state index is 0.858. The lowest BCUT2D eigenvalue weighted by Crippen LogP contribution is -1.98. The Morgan fingerprint density at radius 1 is 0.938 bits per heavy atom. The molecule has 0 N–H and O–H groups in total. The molecule has 0 aliphatic carbocycles. The molecule has 0 heterocycles. The first-order valence-electron chi connectivity index (χ1n) is 6.53. The van der Waals surface area contributed by atoms with Gasteiger partial charge in [0.15, 0.2) is 0 Å². The van der Waals surface area contributed by atoms with Crippen molar-refractivity contribution in [2.75, 3.05) is 6.61 Å². The SMILES string of the molecule is CCCCCCCCOc1ccccc1C. The molecule has 1 aromatic rings. The highest BCUT2D eigenvalue weighted by molar-refractivity contribution is 5.31. The first kappa shape index (κ1) is 13.1. The van der Waals surface area contributed by atoms with Gasteiger partial charge < -0.3 is 4.74 Å². The van der Waals surface area contributed by atoms with Crippen LogP contribution < -0.4 is 4.74 Å². The normalized spacial score (nSPS) is 10.4. The van der Waals surface area contributed by atoms with Gasteiger partial charge in [0.05, 0.1) is 6.61 Å². The average Bonchev–Trinajstić information content (AvgIpc) is 2.30. The largest absolute Gasteiger partial charge is 0.493 e. The van der Waals surface area contributed by atoms with Crippen molar-refractivity contribution >= 4 is 0 Å². The predicted molar refractivity (Wildman–Crippen MR) is 70.1 cm³/mol. The zero-order valence-corrected chi connectivity index (χ0v) is 10.7. The molecule has 0 bridgehead atoms. The molecular weight excluding hydrogens is 196 g/mol. The van der Waals surface area contributed by atoms with E-state index in [1.807, 2.05) is 18.2 Å². The molecule has 0 atom stereocenters. The number of rotatable bonds is 8. The van der Waals surface area contributed by atoms with E-state index in [9.17, 15) is 0 Å². The first-order chi connectivity index (χ1) is 7.84. The predicted octanol–water partition coefficient (Wildman–Crippen LogP) is 4.73. The van der Waals surface area contributed by atoms with Gasteiger partial charge in [-0.2, -0.15) is 0 Å². The highest BCUT2D eigenvalue weighted by Gasteiger charge is 1.96. The lowest BCUT2D eigenvalue weighted by Gasteiger charge is -2.08. The molecule has 1 aromatic carbocycles. The van der Waals surface area contributed by atoms with Crippen molar-refractivity contribution in [3.8, 4) is 5.75 Å². The van der Waals surface area contributed by atoms with Crippen molar-refractivity contribution in [2.45, 2.75) is 52.4 Å². The minimum absolute atomic E-state index is 0.858. The maximum atomic E-state index is 5.74. The molecule has 0 saturated carbocycles. The summed E-state index contributed by atoms with van der Waals surface area (Å²) < 4.78 is 5.74. The second-order valence-corrected chi connectivity index (χ2v) is 4.38. The lowest BCUT2D eigenvalue weighted by molar-refractivity contribution is 0.302. The first-order valence-corrected chi connectivity index (χ1v) is 6.53. The van der Waals surface area contributed by atoms with E-state index in [0.717, 1.165) is 12.4 Å². The minimum Gasteiger partial charge on any atom is -0.493 e. The van der Waals surface area contributed by atoms with Crippen LogP contribution in [-0.4, -0.2) is 6.61 Å². The third kappa shape index (κ3) is 5.20. The zero-order chi connectivity index (χ0) is 11.6. The van der Waals surface area contributed by atoms with Crippen LogP contribution in [-0.2, 0) is 0 Å². The quantitative estimate of drug-likeness (QED) is 0.575. The summed E-state index contributed by atoms with van der Waals surface area (Å²) in [7, 11) is 0. The molecule has 16 heavy (non-hydrogen) atoms. The summed E-state index contributed by atoms with van der Waals surface area (Å²) in [4.78, 5) is 0. The molecule has 1 nitrogen and oxygen atoms in total. The monoisotopic (exact) mass is 220 g/mol. The van der Waals surface area contributed by atoms with Gasteiger partial charge in [-0.15, -0.1) is 0 Å². The molecule has 0 fully saturated rings. The number of hydrogen-bond donors (Lipinski definition) is 0. The van der Waals surface area contributed by atoms with Crippen molar-refractivity contribution in [3.05, 3.63) is 29.8 Å². The van der Waals surface area contributed by atoms with E-state index < -0.39 is 0 Å². The van der Waals surface area contributed by atoms with Crippen LogP contribution in [0.3, 0.4) is 0 Å². The average molecular weight is 220 g/mol. The van der Waals surface area contributed by atoms with Crippen LogP contribution in [0, 0.1) is 6.92 Å². The maximum absolute atomic E-state index is 5.74.